The second-order valence-electron chi connectivity index (χ2n) is 3.22. The SMILES string of the molecule is CCCCc1ccc(B(O)O)cc1. The van der Waals surface area contributed by atoms with Gasteiger partial charge >= 0.3 is 7.12 Å². The van der Waals surface area contributed by atoms with Gasteiger partial charge in [-0.05, 0) is 23.9 Å². The molecule has 0 saturated carbocycles. The van der Waals surface area contributed by atoms with Crippen LogP contribution < -0.4 is 5.46 Å². The molecule has 3 heteroatoms. The van der Waals surface area contributed by atoms with E-state index < -0.39 is 7.12 Å². The summed E-state index contributed by atoms with van der Waals surface area (Å²) in [5, 5.41) is 17.7. The van der Waals surface area contributed by atoms with E-state index in [9.17, 15) is 0 Å². The average Bonchev–Trinajstić information content (AvgIpc) is 2.15. The van der Waals surface area contributed by atoms with Crippen LogP contribution in [0.2, 0.25) is 0 Å². The van der Waals surface area contributed by atoms with E-state index in [-0.39, 0.29) is 0 Å². The quantitative estimate of drug-likeness (QED) is 0.666. The summed E-state index contributed by atoms with van der Waals surface area (Å²) in [6, 6.07) is 7.42. The fourth-order valence-corrected chi connectivity index (χ4v) is 1.24. The maximum atomic E-state index is 8.85. The minimum Gasteiger partial charge on any atom is -0.423 e. The molecule has 0 aliphatic heterocycles. The highest BCUT2D eigenvalue weighted by Crippen LogP contribution is 2.03. The molecule has 0 atom stereocenters. The van der Waals surface area contributed by atoms with Crippen molar-refractivity contribution in [2.75, 3.05) is 0 Å². The molecule has 0 fully saturated rings. The fraction of sp³-hybridized carbons (Fsp3) is 0.400. The molecule has 0 bridgehead atoms. The van der Waals surface area contributed by atoms with Crippen LogP contribution in [0.1, 0.15) is 25.3 Å². The van der Waals surface area contributed by atoms with E-state index in [0.29, 0.717) is 5.46 Å². The van der Waals surface area contributed by atoms with Crippen LogP contribution in [0.5, 0.6) is 0 Å². The minimum absolute atomic E-state index is 0.556. The van der Waals surface area contributed by atoms with E-state index in [0.717, 1.165) is 6.42 Å². The molecule has 0 aliphatic rings. The molecule has 1 aromatic carbocycles. The van der Waals surface area contributed by atoms with Gasteiger partial charge in [0.15, 0.2) is 0 Å². The summed E-state index contributed by atoms with van der Waals surface area (Å²) in [6.07, 6.45) is 3.43. The summed E-state index contributed by atoms with van der Waals surface area (Å²) in [5.41, 5.74) is 1.81. The molecular formula is C10H15BO2. The monoisotopic (exact) mass is 178 g/mol. The number of hydrogen-bond acceptors (Lipinski definition) is 2. The van der Waals surface area contributed by atoms with Gasteiger partial charge in [-0.15, -0.1) is 0 Å². The summed E-state index contributed by atoms with van der Waals surface area (Å²) in [6.45, 7) is 2.16. The minimum atomic E-state index is -1.35. The number of hydrogen-bond donors (Lipinski definition) is 2. The first-order valence-corrected chi connectivity index (χ1v) is 4.69. The van der Waals surface area contributed by atoms with Crippen LogP contribution in [0.4, 0.5) is 0 Å². The Morgan fingerprint density at radius 1 is 1.15 bits per heavy atom. The lowest BCUT2D eigenvalue weighted by molar-refractivity contribution is 0.426. The molecule has 2 N–H and O–H groups in total. The van der Waals surface area contributed by atoms with Crippen molar-refractivity contribution in [3.8, 4) is 0 Å². The van der Waals surface area contributed by atoms with Crippen molar-refractivity contribution in [1.29, 1.82) is 0 Å². The van der Waals surface area contributed by atoms with Crippen LogP contribution in [0, 0.1) is 0 Å². The fourth-order valence-electron chi connectivity index (χ4n) is 1.24. The zero-order valence-electron chi connectivity index (χ0n) is 7.90. The van der Waals surface area contributed by atoms with Gasteiger partial charge in [0, 0.05) is 0 Å². The summed E-state index contributed by atoms with van der Waals surface area (Å²) < 4.78 is 0. The van der Waals surface area contributed by atoms with E-state index >= 15 is 0 Å². The largest absolute Gasteiger partial charge is 0.488 e. The summed E-state index contributed by atoms with van der Waals surface area (Å²) in [4.78, 5) is 0. The van der Waals surface area contributed by atoms with E-state index in [1.807, 2.05) is 12.1 Å². The molecule has 0 saturated heterocycles. The summed E-state index contributed by atoms with van der Waals surface area (Å²) >= 11 is 0. The lowest BCUT2D eigenvalue weighted by Crippen LogP contribution is -2.29. The van der Waals surface area contributed by atoms with Gasteiger partial charge in [0.05, 0.1) is 0 Å². The normalized spacial score (nSPS) is 10.1. The van der Waals surface area contributed by atoms with Crippen molar-refractivity contribution in [2.45, 2.75) is 26.2 Å². The Bertz CT molecular complexity index is 244. The first-order valence-electron chi connectivity index (χ1n) is 4.69. The molecule has 0 amide bonds. The third kappa shape index (κ3) is 3.21. The molecule has 0 spiro atoms. The molecule has 0 unspecified atom stereocenters. The van der Waals surface area contributed by atoms with Gasteiger partial charge in [0.25, 0.3) is 0 Å². The van der Waals surface area contributed by atoms with Crippen molar-refractivity contribution in [3.05, 3.63) is 29.8 Å². The highest BCUT2D eigenvalue weighted by Gasteiger charge is 2.09. The Morgan fingerprint density at radius 3 is 2.23 bits per heavy atom. The Labute approximate surface area is 79.4 Å². The lowest BCUT2D eigenvalue weighted by Gasteiger charge is -2.02. The predicted octanol–water partition coefficient (Wildman–Crippen LogP) is 0.709. The number of unbranched alkanes of at least 4 members (excludes halogenated alkanes) is 1. The van der Waals surface area contributed by atoms with E-state index in [2.05, 4.69) is 6.92 Å². The van der Waals surface area contributed by atoms with Gasteiger partial charge in [-0.1, -0.05) is 37.6 Å². The Balaban J connectivity index is 2.59. The van der Waals surface area contributed by atoms with E-state index in [4.69, 9.17) is 10.0 Å². The highest BCUT2D eigenvalue weighted by molar-refractivity contribution is 6.58. The van der Waals surface area contributed by atoms with Crippen molar-refractivity contribution in [3.63, 3.8) is 0 Å². The average molecular weight is 178 g/mol. The van der Waals surface area contributed by atoms with Crippen molar-refractivity contribution in [2.24, 2.45) is 0 Å². The Kier molecular flexibility index (Phi) is 3.99. The van der Waals surface area contributed by atoms with Gasteiger partial charge in [-0.3, -0.25) is 0 Å². The van der Waals surface area contributed by atoms with Gasteiger partial charge in [0.2, 0.25) is 0 Å². The van der Waals surface area contributed by atoms with Crippen LogP contribution in [0.15, 0.2) is 24.3 Å². The standard InChI is InChI=1S/C10H15BO2/c1-2-3-4-9-5-7-10(8-6-9)11(12)13/h5-8,12-13H,2-4H2,1H3. The molecule has 1 rings (SSSR count). The van der Waals surface area contributed by atoms with Crippen LogP contribution in [0.3, 0.4) is 0 Å². The molecule has 0 aliphatic carbocycles. The molecular weight excluding hydrogens is 163 g/mol. The topological polar surface area (TPSA) is 40.5 Å². The molecule has 70 valence electrons. The highest BCUT2D eigenvalue weighted by atomic mass is 16.4. The molecule has 0 radical (unpaired) electrons. The second-order valence-corrected chi connectivity index (χ2v) is 3.22. The van der Waals surface area contributed by atoms with Crippen molar-refractivity contribution >= 4 is 12.6 Å². The van der Waals surface area contributed by atoms with Crippen LogP contribution in [-0.4, -0.2) is 17.2 Å². The second kappa shape index (κ2) is 5.05. The van der Waals surface area contributed by atoms with E-state index in [1.54, 1.807) is 12.1 Å². The van der Waals surface area contributed by atoms with Crippen LogP contribution in [-0.2, 0) is 6.42 Å². The van der Waals surface area contributed by atoms with Gasteiger partial charge in [-0.2, -0.15) is 0 Å². The number of aryl methyl sites for hydroxylation is 1. The zero-order chi connectivity index (χ0) is 9.68. The van der Waals surface area contributed by atoms with Crippen LogP contribution >= 0.6 is 0 Å². The zero-order valence-corrected chi connectivity index (χ0v) is 7.90. The number of rotatable bonds is 4. The van der Waals surface area contributed by atoms with Crippen molar-refractivity contribution < 1.29 is 10.0 Å². The first-order chi connectivity index (χ1) is 6.24. The lowest BCUT2D eigenvalue weighted by atomic mass is 9.80. The number of benzene rings is 1. The van der Waals surface area contributed by atoms with Gasteiger partial charge in [-0.25, -0.2) is 0 Å². The molecule has 0 heterocycles. The summed E-state index contributed by atoms with van der Waals surface area (Å²) in [5.74, 6) is 0. The maximum Gasteiger partial charge on any atom is 0.488 e. The molecule has 0 aromatic heterocycles. The molecule has 13 heavy (non-hydrogen) atoms. The smallest absolute Gasteiger partial charge is 0.423 e. The first kappa shape index (κ1) is 10.3. The maximum absolute atomic E-state index is 8.85. The van der Waals surface area contributed by atoms with Crippen molar-refractivity contribution in [1.82, 2.24) is 0 Å². The van der Waals surface area contributed by atoms with E-state index in [1.165, 1.54) is 18.4 Å². The molecule has 1 aromatic rings. The van der Waals surface area contributed by atoms with Gasteiger partial charge < -0.3 is 10.0 Å². The van der Waals surface area contributed by atoms with Gasteiger partial charge in [0.1, 0.15) is 0 Å². The van der Waals surface area contributed by atoms with Crippen LogP contribution in [0.25, 0.3) is 0 Å². The molecule has 2 nitrogen and oxygen atoms in total. The third-order valence-electron chi connectivity index (χ3n) is 2.10. The third-order valence-corrected chi connectivity index (χ3v) is 2.10. The predicted molar refractivity (Wildman–Crippen MR) is 54.9 cm³/mol. The summed E-state index contributed by atoms with van der Waals surface area (Å²) in [7, 11) is -1.35. The Morgan fingerprint density at radius 2 is 1.77 bits per heavy atom. The Hall–Kier alpha value is -0.795.